The van der Waals surface area contributed by atoms with Gasteiger partial charge in [-0.05, 0) is 60.8 Å². The number of aromatic nitrogens is 8. The molecule has 12 nitrogen and oxygen atoms in total. The van der Waals surface area contributed by atoms with Crippen LogP contribution in [0.15, 0.2) is 46.2 Å². The molecule has 13 heteroatoms. The number of ether oxygens (including phenoxy) is 2. The summed E-state index contributed by atoms with van der Waals surface area (Å²) in [6, 6.07) is 7.70. The zero-order valence-electron chi connectivity index (χ0n) is 21.4. The SMILES string of the molecule is CCOC(C)(C)CCOCc1cn(-c2ccc(-c3cn4c(=O)c5nc(Br)n(CCO)c5nc4[nH]3)cc2)nn1. The highest BCUT2D eigenvalue weighted by molar-refractivity contribution is 9.10. The van der Waals surface area contributed by atoms with E-state index in [4.69, 9.17) is 9.47 Å². The largest absolute Gasteiger partial charge is 0.395 e. The number of hydrogen-bond acceptors (Lipinski definition) is 8. The van der Waals surface area contributed by atoms with Crippen LogP contribution in [0.25, 0.3) is 33.9 Å². The van der Waals surface area contributed by atoms with Crippen molar-refractivity contribution in [3.8, 4) is 16.9 Å². The predicted octanol–water partition coefficient (Wildman–Crippen LogP) is 3.10. The standard InChI is InChI=1S/C25H29BrN8O4/c1-4-38-25(2,3)9-12-37-15-17-13-34(31-30-17)18-7-5-16(6-8-18)19-14-33-22(36)20-21(29-24(33)27-19)32(10-11-35)23(26)28-20/h5-8,13-14,35H,4,9-12,15H2,1-3H3,(H,27,29). The van der Waals surface area contributed by atoms with Gasteiger partial charge < -0.3 is 24.1 Å². The predicted molar refractivity (Wildman–Crippen MR) is 144 cm³/mol. The van der Waals surface area contributed by atoms with Gasteiger partial charge in [-0.25, -0.2) is 14.1 Å². The molecular weight excluding hydrogens is 556 g/mol. The average molecular weight is 585 g/mol. The number of imidazole rings is 2. The normalized spacial score (nSPS) is 12.2. The molecule has 0 saturated carbocycles. The lowest BCUT2D eigenvalue weighted by Gasteiger charge is -2.24. The molecule has 4 aromatic heterocycles. The van der Waals surface area contributed by atoms with Gasteiger partial charge in [-0.3, -0.25) is 4.79 Å². The molecule has 0 fully saturated rings. The zero-order valence-corrected chi connectivity index (χ0v) is 23.0. The quantitative estimate of drug-likeness (QED) is 0.178. The van der Waals surface area contributed by atoms with Gasteiger partial charge in [-0.1, -0.05) is 17.3 Å². The van der Waals surface area contributed by atoms with E-state index in [0.717, 1.165) is 29.1 Å². The molecule has 0 unspecified atom stereocenters. The Morgan fingerprint density at radius 3 is 2.68 bits per heavy atom. The van der Waals surface area contributed by atoms with Crippen LogP contribution in [-0.2, 0) is 22.6 Å². The van der Waals surface area contributed by atoms with Crippen molar-refractivity contribution < 1.29 is 14.6 Å². The molecule has 1 aromatic carbocycles. The van der Waals surface area contributed by atoms with Crippen molar-refractivity contribution in [1.82, 2.24) is 38.9 Å². The summed E-state index contributed by atoms with van der Waals surface area (Å²) in [6.07, 6.45) is 4.34. The fourth-order valence-corrected chi connectivity index (χ4v) is 4.74. The van der Waals surface area contributed by atoms with Crippen molar-refractivity contribution in [2.45, 2.75) is 45.9 Å². The molecule has 0 radical (unpaired) electrons. The lowest BCUT2D eigenvalue weighted by molar-refractivity contribution is -0.0369. The Hall–Kier alpha value is -3.39. The van der Waals surface area contributed by atoms with E-state index in [1.54, 1.807) is 15.4 Å². The maximum Gasteiger partial charge on any atom is 0.287 e. The summed E-state index contributed by atoms with van der Waals surface area (Å²) in [5.74, 6) is 0.388. The Balaban J connectivity index is 1.30. The number of halogens is 1. The second-order valence-corrected chi connectivity index (χ2v) is 10.1. The molecule has 5 rings (SSSR count). The second kappa shape index (κ2) is 10.8. The van der Waals surface area contributed by atoms with E-state index in [1.165, 1.54) is 4.40 Å². The number of hydrogen-bond donors (Lipinski definition) is 2. The number of benzene rings is 1. The molecule has 200 valence electrons. The summed E-state index contributed by atoms with van der Waals surface area (Å²) in [6.45, 7) is 7.89. The van der Waals surface area contributed by atoms with Gasteiger partial charge in [0.25, 0.3) is 5.56 Å². The Bertz CT molecular complexity index is 1620. The fourth-order valence-electron chi connectivity index (χ4n) is 4.22. The highest BCUT2D eigenvalue weighted by Gasteiger charge is 2.18. The van der Waals surface area contributed by atoms with Crippen molar-refractivity contribution in [2.75, 3.05) is 19.8 Å². The van der Waals surface area contributed by atoms with Crippen molar-refractivity contribution in [3.63, 3.8) is 0 Å². The van der Waals surface area contributed by atoms with E-state index in [9.17, 15) is 9.90 Å². The maximum atomic E-state index is 13.0. The van der Waals surface area contributed by atoms with Crippen LogP contribution in [0.1, 0.15) is 32.9 Å². The first-order chi connectivity index (χ1) is 18.3. The Kier molecular flexibility index (Phi) is 7.43. The van der Waals surface area contributed by atoms with Crippen LogP contribution in [0.4, 0.5) is 0 Å². The van der Waals surface area contributed by atoms with E-state index >= 15 is 0 Å². The molecule has 0 saturated heterocycles. The minimum absolute atomic E-state index is 0.0967. The number of rotatable bonds is 11. The molecule has 2 N–H and O–H groups in total. The first-order valence-electron chi connectivity index (χ1n) is 12.3. The third-order valence-electron chi connectivity index (χ3n) is 6.20. The topological polar surface area (TPSA) is 137 Å². The monoisotopic (exact) mass is 584 g/mol. The third-order valence-corrected chi connectivity index (χ3v) is 6.81. The van der Waals surface area contributed by atoms with Gasteiger partial charge in [0.2, 0.25) is 5.78 Å². The van der Waals surface area contributed by atoms with Crippen molar-refractivity contribution in [3.05, 3.63) is 57.4 Å². The third kappa shape index (κ3) is 5.27. The molecule has 5 aromatic rings. The molecule has 0 atom stereocenters. The van der Waals surface area contributed by atoms with Gasteiger partial charge in [0.05, 0.1) is 36.4 Å². The molecule has 0 aliphatic rings. The van der Waals surface area contributed by atoms with Crippen LogP contribution in [0.5, 0.6) is 0 Å². The Labute approximate surface area is 226 Å². The van der Waals surface area contributed by atoms with E-state index in [0.29, 0.717) is 36.0 Å². The summed E-state index contributed by atoms with van der Waals surface area (Å²) in [5, 5.41) is 17.8. The van der Waals surface area contributed by atoms with Gasteiger partial charge in [0, 0.05) is 26.0 Å². The summed E-state index contributed by atoms with van der Waals surface area (Å²) in [5.41, 5.74) is 3.31. The van der Waals surface area contributed by atoms with Gasteiger partial charge in [-0.15, -0.1) is 5.10 Å². The van der Waals surface area contributed by atoms with Crippen LogP contribution in [-0.4, -0.2) is 69.4 Å². The number of aliphatic hydroxyl groups excluding tert-OH is 1. The van der Waals surface area contributed by atoms with E-state index < -0.39 is 0 Å². The van der Waals surface area contributed by atoms with Crippen LogP contribution < -0.4 is 5.56 Å². The van der Waals surface area contributed by atoms with E-state index in [1.807, 2.05) is 37.4 Å². The number of nitrogens with one attached hydrogen (secondary N) is 1. The first kappa shape index (κ1) is 26.2. The van der Waals surface area contributed by atoms with Crippen molar-refractivity contribution in [2.24, 2.45) is 0 Å². The number of nitrogens with zero attached hydrogens (tertiary/aromatic N) is 7. The highest BCUT2D eigenvalue weighted by atomic mass is 79.9. The molecule has 0 amide bonds. The lowest BCUT2D eigenvalue weighted by atomic mass is 10.1. The first-order valence-corrected chi connectivity index (χ1v) is 13.1. The van der Waals surface area contributed by atoms with E-state index in [2.05, 4.69) is 55.0 Å². The second-order valence-electron chi connectivity index (χ2n) is 9.40. The summed E-state index contributed by atoms with van der Waals surface area (Å²) in [4.78, 5) is 25.1. The number of aromatic amines is 1. The average Bonchev–Trinajstić information content (AvgIpc) is 3.61. The minimum Gasteiger partial charge on any atom is -0.395 e. The lowest BCUT2D eigenvalue weighted by Crippen LogP contribution is -2.26. The van der Waals surface area contributed by atoms with Crippen molar-refractivity contribution >= 4 is 32.9 Å². The van der Waals surface area contributed by atoms with Crippen LogP contribution in [0.3, 0.4) is 0 Å². The molecule has 0 aliphatic heterocycles. The molecule has 0 aliphatic carbocycles. The molecule has 38 heavy (non-hydrogen) atoms. The number of H-pyrrole nitrogens is 1. The molecular formula is C25H29BrN8O4. The minimum atomic E-state index is -0.291. The van der Waals surface area contributed by atoms with Gasteiger partial charge in [0.1, 0.15) is 5.69 Å². The van der Waals surface area contributed by atoms with Gasteiger partial charge in [-0.2, -0.15) is 4.98 Å². The maximum absolute atomic E-state index is 13.0. The van der Waals surface area contributed by atoms with Gasteiger partial charge >= 0.3 is 0 Å². The van der Waals surface area contributed by atoms with Crippen LogP contribution >= 0.6 is 15.9 Å². The molecule has 4 heterocycles. The Morgan fingerprint density at radius 1 is 1.16 bits per heavy atom. The Morgan fingerprint density at radius 2 is 1.95 bits per heavy atom. The zero-order chi connectivity index (χ0) is 26.9. The number of aliphatic hydroxyl groups is 1. The van der Waals surface area contributed by atoms with Crippen LogP contribution in [0, 0.1) is 0 Å². The molecule has 0 bridgehead atoms. The van der Waals surface area contributed by atoms with E-state index in [-0.39, 0.29) is 29.8 Å². The van der Waals surface area contributed by atoms with Crippen molar-refractivity contribution in [1.29, 1.82) is 0 Å². The molecule has 0 spiro atoms. The fraction of sp³-hybridized carbons (Fsp3) is 0.400. The summed E-state index contributed by atoms with van der Waals surface area (Å²) < 4.78 is 16.7. The van der Waals surface area contributed by atoms with Crippen LogP contribution in [0.2, 0.25) is 0 Å². The highest BCUT2D eigenvalue weighted by Crippen LogP contribution is 2.22. The summed E-state index contributed by atoms with van der Waals surface area (Å²) >= 11 is 3.33. The number of fused-ring (bicyclic) bond motifs is 2. The summed E-state index contributed by atoms with van der Waals surface area (Å²) in [7, 11) is 0. The smallest absolute Gasteiger partial charge is 0.287 e. The van der Waals surface area contributed by atoms with Gasteiger partial charge in [0.15, 0.2) is 15.9 Å².